The molecule has 5 nitrogen and oxygen atoms in total. The van der Waals surface area contributed by atoms with Crippen molar-refractivity contribution in [3.8, 4) is 5.75 Å². The van der Waals surface area contributed by atoms with Gasteiger partial charge in [-0.15, -0.1) is 24.8 Å². The number of hydrogen-bond acceptors (Lipinski definition) is 4. The first-order chi connectivity index (χ1) is 7.76. The number of aromatic nitrogens is 1. The molecule has 9 heteroatoms. The summed E-state index contributed by atoms with van der Waals surface area (Å²) in [5.41, 5.74) is -1.02. The van der Waals surface area contributed by atoms with E-state index < -0.39 is 22.7 Å². The Morgan fingerprint density at radius 3 is 2.59 bits per heavy atom. The molecule has 1 aromatic rings. The average molecular weight is 271 g/mol. The molecule has 1 rings (SSSR count). The molecule has 0 aliphatic heterocycles. The third-order valence-corrected chi connectivity index (χ3v) is 2.12. The standard InChI is InChI=1S/C8H6ClF3N2O3/c1-4-6(14(15)16)3-13-5(2-9)7(4)17-8(10,11)12/h3H,2H2,1H3. The lowest BCUT2D eigenvalue weighted by molar-refractivity contribution is -0.386. The van der Waals surface area contributed by atoms with E-state index in [4.69, 9.17) is 11.6 Å². The van der Waals surface area contributed by atoms with Gasteiger partial charge in [0, 0.05) is 0 Å². The van der Waals surface area contributed by atoms with Crippen LogP contribution in [0.25, 0.3) is 0 Å². The van der Waals surface area contributed by atoms with E-state index in [-0.39, 0.29) is 17.1 Å². The summed E-state index contributed by atoms with van der Waals surface area (Å²) < 4.78 is 40.0. The van der Waals surface area contributed by atoms with Gasteiger partial charge in [0.25, 0.3) is 5.69 Å². The zero-order valence-electron chi connectivity index (χ0n) is 8.42. The van der Waals surface area contributed by atoms with Crippen LogP contribution in [0.3, 0.4) is 0 Å². The molecule has 0 aliphatic carbocycles. The molecule has 0 saturated heterocycles. The van der Waals surface area contributed by atoms with E-state index in [2.05, 4.69) is 9.72 Å². The maximum absolute atomic E-state index is 12.1. The van der Waals surface area contributed by atoms with Gasteiger partial charge in [-0.25, -0.2) is 4.98 Å². The van der Waals surface area contributed by atoms with Gasteiger partial charge in [-0.2, -0.15) is 0 Å². The lowest BCUT2D eigenvalue weighted by atomic mass is 10.2. The van der Waals surface area contributed by atoms with Crippen molar-refractivity contribution in [2.24, 2.45) is 0 Å². The van der Waals surface area contributed by atoms with Gasteiger partial charge in [-0.3, -0.25) is 10.1 Å². The molecular formula is C8H6ClF3N2O3. The molecule has 0 N–H and O–H groups in total. The van der Waals surface area contributed by atoms with Gasteiger partial charge in [0.2, 0.25) is 0 Å². The van der Waals surface area contributed by atoms with Gasteiger partial charge in [-0.1, -0.05) is 0 Å². The Balaban J connectivity index is 3.32. The number of nitro groups is 1. The van der Waals surface area contributed by atoms with Crippen LogP contribution in [0.2, 0.25) is 0 Å². The Kier molecular flexibility index (Phi) is 3.76. The van der Waals surface area contributed by atoms with Crippen molar-refractivity contribution in [2.75, 3.05) is 0 Å². The van der Waals surface area contributed by atoms with E-state index in [0.29, 0.717) is 0 Å². The van der Waals surface area contributed by atoms with Crippen LogP contribution in [0.5, 0.6) is 5.75 Å². The SMILES string of the molecule is Cc1c([N+](=O)[O-])cnc(CCl)c1OC(F)(F)F. The van der Waals surface area contributed by atoms with Gasteiger partial charge in [0.1, 0.15) is 6.20 Å². The molecule has 1 heterocycles. The second-order valence-electron chi connectivity index (χ2n) is 2.98. The maximum Gasteiger partial charge on any atom is 0.573 e. The van der Waals surface area contributed by atoms with E-state index in [0.717, 1.165) is 13.1 Å². The van der Waals surface area contributed by atoms with Crippen LogP contribution >= 0.6 is 11.6 Å². The largest absolute Gasteiger partial charge is 0.573 e. The normalized spacial score (nSPS) is 11.4. The van der Waals surface area contributed by atoms with Gasteiger partial charge in [0.15, 0.2) is 5.75 Å². The number of hydrogen-bond donors (Lipinski definition) is 0. The Morgan fingerprint density at radius 2 is 2.18 bits per heavy atom. The van der Waals surface area contributed by atoms with Crippen molar-refractivity contribution in [3.05, 3.63) is 27.6 Å². The van der Waals surface area contributed by atoms with Crippen molar-refractivity contribution >= 4 is 17.3 Å². The summed E-state index contributed by atoms with van der Waals surface area (Å²) in [7, 11) is 0. The van der Waals surface area contributed by atoms with Crippen LogP contribution in [-0.4, -0.2) is 16.3 Å². The molecule has 0 radical (unpaired) electrons. The molecule has 0 aliphatic rings. The molecule has 0 atom stereocenters. The molecule has 17 heavy (non-hydrogen) atoms. The summed E-state index contributed by atoms with van der Waals surface area (Å²) >= 11 is 5.39. The van der Waals surface area contributed by atoms with Crippen molar-refractivity contribution < 1.29 is 22.8 Å². The molecule has 0 amide bonds. The number of nitrogens with zero attached hydrogens (tertiary/aromatic N) is 2. The fraction of sp³-hybridized carbons (Fsp3) is 0.375. The van der Waals surface area contributed by atoms with E-state index >= 15 is 0 Å². The van der Waals surface area contributed by atoms with Gasteiger partial charge in [-0.05, 0) is 6.92 Å². The fourth-order valence-electron chi connectivity index (χ4n) is 1.16. The summed E-state index contributed by atoms with van der Waals surface area (Å²) in [6.07, 6.45) is -4.11. The number of alkyl halides is 4. The Morgan fingerprint density at radius 1 is 1.59 bits per heavy atom. The first-order valence-electron chi connectivity index (χ1n) is 4.21. The molecule has 94 valence electrons. The summed E-state index contributed by atoms with van der Waals surface area (Å²) in [4.78, 5) is 13.2. The summed E-state index contributed by atoms with van der Waals surface area (Å²) in [6.45, 7) is 1.14. The van der Waals surface area contributed by atoms with Crippen LogP contribution < -0.4 is 4.74 Å². The van der Waals surface area contributed by atoms with Gasteiger partial charge < -0.3 is 4.74 Å². The number of ether oxygens (including phenoxy) is 1. The second-order valence-corrected chi connectivity index (χ2v) is 3.25. The molecule has 0 saturated carbocycles. The van der Waals surface area contributed by atoms with E-state index in [1.165, 1.54) is 0 Å². The molecule has 0 spiro atoms. The highest BCUT2D eigenvalue weighted by Gasteiger charge is 2.34. The van der Waals surface area contributed by atoms with Crippen molar-refractivity contribution in [3.63, 3.8) is 0 Å². The van der Waals surface area contributed by atoms with Crippen LogP contribution in [0.15, 0.2) is 6.20 Å². The molecule has 1 aromatic heterocycles. The number of rotatable bonds is 3. The molecule has 0 fully saturated rings. The molecular weight excluding hydrogens is 265 g/mol. The summed E-state index contributed by atoms with van der Waals surface area (Å²) in [5.74, 6) is -1.06. The van der Waals surface area contributed by atoms with E-state index in [9.17, 15) is 23.3 Å². The highest BCUT2D eigenvalue weighted by molar-refractivity contribution is 6.17. The zero-order valence-corrected chi connectivity index (χ0v) is 9.17. The minimum absolute atomic E-state index is 0.202. The summed E-state index contributed by atoms with van der Waals surface area (Å²) in [6, 6.07) is 0. The predicted octanol–water partition coefficient (Wildman–Crippen LogP) is 2.94. The van der Waals surface area contributed by atoms with Crippen LogP contribution in [0, 0.1) is 17.0 Å². The molecule has 0 aromatic carbocycles. The maximum atomic E-state index is 12.1. The third kappa shape index (κ3) is 3.19. The Bertz CT molecular complexity index is 450. The van der Waals surface area contributed by atoms with Crippen LogP contribution in [0.4, 0.5) is 18.9 Å². The predicted molar refractivity (Wildman–Crippen MR) is 51.9 cm³/mol. The lowest BCUT2D eigenvalue weighted by Gasteiger charge is -2.13. The first kappa shape index (κ1) is 13.5. The highest BCUT2D eigenvalue weighted by Crippen LogP contribution is 2.34. The van der Waals surface area contributed by atoms with E-state index in [1.54, 1.807) is 0 Å². The average Bonchev–Trinajstić information content (AvgIpc) is 2.18. The Labute approximate surface area is 98.3 Å². The fourth-order valence-corrected chi connectivity index (χ4v) is 1.35. The van der Waals surface area contributed by atoms with Gasteiger partial charge >= 0.3 is 6.36 Å². The second kappa shape index (κ2) is 4.74. The lowest BCUT2D eigenvalue weighted by Crippen LogP contribution is -2.19. The highest BCUT2D eigenvalue weighted by atomic mass is 35.5. The third-order valence-electron chi connectivity index (χ3n) is 1.87. The van der Waals surface area contributed by atoms with Crippen molar-refractivity contribution in [1.29, 1.82) is 0 Å². The van der Waals surface area contributed by atoms with Crippen molar-refractivity contribution in [1.82, 2.24) is 4.98 Å². The number of pyridine rings is 1. The molecule has 0 bridgehead atoms. The monoisotopic (exact) mass is 270 g/mol. The van der Waals surface area contributed by atoms with Crippen molar-refractivity contribution in [2.45, 2.75) is 19.2 Å². The Hall–Kier alpha value is -1.57. The molecule has 0 unspecified atom stereocenters. The minimum Gasteiger partial charge on any atom is -0.403 e. The van der Waals surface area contributed by atoms with Crippen LogP contribution in [0.1, 0.15) is 11.3 Å². The topological polar surface area (TPSA) is 65.3 Å². The summed E-state index contributed by atoms with van der Waals surface area (Å²) in [5, 5.41) is 10.5. The van der Waals surface area contributed by atoms with Crippen LogP contribution in [-0.2, 0) is 5.88 Å². The van der Waals surface area contributed by atoms with E-state index in [1.807, 2.05) is 0 Å². The zero-order chi connectivity index (χ0) is 13.2. The number of halogens is 4. The smallest absolute Gasteiger partial charge is 0.403 e. The first-order valence-corrected chi connectivity index (χ1v) is 4.74. The quantitative estimate of drug-likeness (QED) is 0.481. The van der Waals surface area contributed by atoms with Gasteiger partial charge in [0.05, 0.1) is 22.1 Å². The minimum atomic E-state index is -4.96.